The van der Waals surface area contributed by atoms with Crippen LogP contribution < -0.4 is 5.73 Å². The van der Waals surface area contributed by atoms with Gasteiger partial charge in [0.1, 0.15) is 5.82 Å². The summed E-state index contributed by atoms with van der Waals surface area (Å²) in [5.74, 6) is 0.518. The van der Waals surface area contributed by atoms with Gasteiger partial charge in [0.25, 0.3) is 0 Å². The first-order valence-electron chi connectivity index (χ1n) is 6.13. The lowest BCUT2D eigenvalue weighted by atomic mass is 10.1. The van der Waals surface area contributed by atoms with E-state index in [0.717, 1.165) is 21.2 Å². The predicted molar refractivity (Wildman–Crippen MR) is 88.0 cm³/mol. The smallest absolute Gasteiger partial charge is 0.137 e. The van der Waals surface area contributed by atoms with E-state index in [1.807, 2.05) is 30.3 Å². The van der Waals surface area contributed by atoms with E-state index >= 15 is 0 Å². The third-order valence-electron chi connectivity index (χ3n) is 2.79. The van der Waals surface area contributed by atoms with Gasteiger partial charge in [-0.05, 0) is 58.2 Å². The van der Waals surface area contributed by atoms with Crippen molar-refractivity contribution in [3.8, 4) is 0 Å². The van der Waals surface area contributed by atoms with Crippen molar-refractivity contribution >= 4 is 39.3 Å². The summed E-state index contributed by atoms with van der Waals surface area (Å²) >= 11 is 10.8. The molecule has 0 bridgehead atoms. The molecule has 0 saturated heterocycles. The van der Waals surface area contributed by atoms with Crippen molar-refractivity contribution < 1.29 is 4.39 Å². The van der Waals surface area contributed by atoms with Gasteiger partial charge in [-0.15, -0.1) is 11.8 Å². The number of hydrogen-bond acceptors (Lipinski definition) is 2. The van der Waals surface area contributed by atoms with Crippen LogP contribution >= 0.6 is 39.3 Å². The van der Waals surface area contributed by atoms with Crippen LogP contribution in [0.15, 0.2) is 51.8 Å². The average molecular weight is 375 g/mol. The molecule has 0 aromatic heterocycles. The number of thioether (sulfide) groups is 1. The first-order chi connectivity index (χ1) is 9.56. The molecule has 0 aliphatic heterocycles. The Morgan fingerprint density at radius 1 is 1.20 bits per heavy atom. The van der Waals surface area contributed by atoms with Crippen LogP contribution in [0.25, 0.3) is 0 Å². The van der Waals surface area contributed by atoms with Crippen LogP contribution in [0.3, 0.4) is 0 Å². The van der Waals surface area contributed by atoms with Gasteiger partial charge in [0.2, 0.25) is 0 Å². The zero-order chi connectivity index (χ0) is 14.5. The van der Waals surface area contributed by atoms with Crippen LogP contribution in [0.4, 0.5) is 4.39 Å². The maximum atomic E-state index is 13.4. The predicted octanol–water partition coefficient (Wildman–Crippen LogP) is 4.90. The Kier molecular flexibility index (Phi) is 5.90. The fourth-order valence-corrected chi connectivity index (χ4v) is 3.19. The number of nitrogens with two attached hydrogens (primary N) is 1. The Labute approximate surface area is 135 Å². The second kappa shape index (κ2) is 7.46. The van der Waals surface area contributed by atoms with Gasteiger partial charge < -0.3 is 5.73 Å². The molecule has 2 aromatic carbocycles. The van der Waals surface area contributed by atoms with Crippen molar-refractivity contribution in [1.82, 2.24) is 0 Å². The third kappa shape index (κ3) is 4.48. The van der Waals surface area contributed by atoms with E-state index < -0.39 is 0 Å². The molecule has 0 saturated carbocycles. The molecular weight excluding hydrogens is 361 g/mol. The lowest BCUT2D eigenvalue weighted by Crippen LogP contribution is -2.25. The van der Waals surface area contributed by atoms with E-state index in [4.69, 9.17) is 17.3 Å². The first-order valence-corrected chi connectivity index (χ1v) is 8.29. The van der Waals surface area contributed by atoms with E-state index in [1.54, 1.807) is 17.8 Å². The molecule has 1 nitrogen and oxygen atoms in total. The summed E-state index contributed by atoms with van der Waals surface area (Å²) in [5.41, 5.74) is 7.01. The minimum atomic E-state index is -0.250. The Morgan fingerprint density at radius 2 is 1.90 bits per heavy atom. The van der Waals surface area contributed by atoms with Gasteiger partial charge in [-0.1, -0.05) is 23.7 Å². The van der Waals surface area contributed by atoms with Gasteiger partial charge in [-0.3, -0.25) is 0 Å². The highest BCUT2D eigenvalue weighted by molar-refractivity contribution is 9.10. The number of benzene rings is 2. The van der Waals surface area contributed by atoms with Crippen LogP contribution in [-0.4, -0.2) is 11.8 Å². The quantitative estimate of drug-likeness (QED) is 0.753. The summed E-state index contributed by atoms with van der Waals surface area (Å²) in [7, 11) is 0. The highest BCUT2D eigenvalue weighted by Gasteiger charge is 2.10. The SMILES string of the molecule is NC(CSc1ccc(Cl)cc1)Cc1cccc(F)c1Br. The number of hydrogen-bond donors (Lipinski definition) is 1. The fourth-order valence-electron chi connectivity index (χ4n) is 1.78. The third-order valence-corrected chi connectivity index (χ3v) is 5.13. The van der Waals surface area contributed by atoms with Crippen LogP contribution in [0.2, 0.25) is 5.02 Å². The molecule has 0 aliphatic rings. The molecule has 0 radical (unpaired) electrons. The minimum absolute atomic E-state index is 0.0335. The molecule has 0 fully saturated rings. The molecule has 2 N–H and O–H groups in total. The van der Waals surface area contributed by atoms with Crippen LogP contribution in [-0.2, 0) is 6.42 Å². The summed E-state index contributed by atoms with van der Waals surface area (Å²) in [6, 6.07) is 12.6. The van der Waals surface area contributed by atoms with Crippen LogP contribution in [0.1, 0.15) is 5.56 Å². The molecule has 20 heavy (non-hydrogen) atoms. The molecule has 2 rings (SSSR count). The highest BCUT2D eigenvalue weighted by atomic mass is 79.9. The maximum Gasteiger partial charge on any atom is 0.137 e. The van der Waals surface area contributed by atoms with Crippen LogP contribution in [0.5, 0.6) is 0 Å². The van der Waals surface area contributed by atoms with Crippen molar-refractivity contribution in [2.45, 2.75) is 17.4 Å². The lowest BCUT2D eigenvalue weighted by molar-refractivity contribution is 0.615. The van der Waals surface area contributed by atoms with Crippen molar-refractivity contribution in [2.24, 2.45) is 5.73 Å². The molecule has 2 aromatic rings. The Bertz CT molecular complexity index is 577. The Balaban J connectivity index is 1.91. The zero-order valence-electron chi connectivity index (χ0n) is 10.7. The molecule has 0 spiro atoms. The number of rotatable bonds is 5. The lowest BCUT2D eigenvalue weighted by Gasteiger charge is -2.13. The summed E-state index contributed by atoms with van der Waals surface area (Å²) in [5, 5.41) is 0.724. The number of halogens is 3. The van der Waals surface area contributed by atoms with Crippen molar-refractivity contribution in [2.75, 3.05) is 5.75 Å². The second-order valence-corrected chi connectivity index (χ2v) is 6.76. The Hall–Kier alpha value is -0.550. The largest absolute Gasteiger partial charge is 0.327 e. The van der Waals surface area contributed by atoms with Crippen LogP contribution in [0, 0.1) is 5.82 Å². The topological polar surface area (TPSA) is 26.0 Å². The summed E-state index contributed by atoms with van der Waals surface area (Å²) in [6.07, 6.45) is 0.638. The molecule has 1 unspecified atom stereocenters. The molecular formula is C15H14BrClFNS. The van der Waals surface area contributed by atoms with Gasteiger partial charge in [0, 0.05) is 21.7 Å². The molecule has 0 aliphatic carbocycles. The maximum absolute atomic E-state index is 13.4. The summed E-state index contributed by atoms with van der Waals surface area (Å²) < 4.78 is 13.9. The molecule has 106 valence electrons. The fraction of sp³-hybridized carbons (Fsp3) is 0.200. The molecule has 1 atom stereocenters. The highest BCUT2D eigenvalue weighted by Crippen LogP contribution is 2.24. The van der Waals surface area contributed by atoms with E-state index in [-0.39, 0.29) is 11.9 Å². The van der Waals surface area contributed by atoms with Gasteiger partial charge in [0.15, 0.2) is 0 Å². The normalized spacial score (nSPS) is 12.4. The molecule has 0 heterocycles. The molecule has 5 heteroatoms. The molecule has 0 amide bonds. The van der Waals surface area contributed by atoms with Gasteiger partial charge in [0.05, 0.1) is 4.47 Å². The van der Waals surface area contributed by atoms with E-state index in [9.17, 15) is 4.39 Å². The second-order valence-electron chi connectivity index (χ2n) is 4.44. The van der Waals surface area contributed by atoms with Gasteiger partial charge in [-0.25, -0.2) is 4.39 Å². The van der Waals surface area contributed by atoms with Crippen molar-refractivity contribution in [3.05, 3.63) is 63.3 Å². The van der Waals surface area contributed by atoms with Gasteiger partial charge >= 0.3 is 0 Å². The van der Waals surface area contributed by atoms with Crippen molar-refractivity contribution in [1.29, 1.82) is 0 Å². The van der Waals surface area contributed by atoms with Gasteiger partial charge in [-0.2, -0.15) is 0 Å². The van der Waals surface area contributed by atoms with E-state index in [0.29, 0.717) is 10.9 Å². The first kappa shape index (κ1) is 15.8. The Morgan fingerprint density at radius 3 is 2.60 bits per heavy atom. The minimum Gasteiger partial charge on any atom is -0.327 e. The van der Waals surface area contributed by atoms with Crippen molar-refractivity contribution in [3.63, 3.8) is 0 Å². The van der Waals surface area contributed by atoms with E-state index in [2.05, 4.69) is 15.9 Å². The zero-order valence-corrected chi connectivity index (χ0v) is 13.8. The summed E-state index contributed by atoms with van der Waals surface area (Å²) in [6.45, 7) is 0. The average Bonchev–Trinajstić information content (AvgIpc) is 2.43. The van der Waals surface area contributed by atoms with E-state index in [1.165, 1.54) is 6.07 Å². The monoisotopic (exact) mass is 373 g/mol. The standard InChI is InChI=1S/C15H14BrClFNS/c16-15-10(2-1-3-14(15)18)8-12(19)9-20-13-6-4-11(17)5-7-13/h1-7,12H,8-9,19H2. The summed E-state index contributed by atoms with van der Waals surface area (Å²) in [4.78, 5) is 1.13.